The third kappa shape index (κ3) is 6.03. The highest BCUT2D eigenvalue weighted by atomic mass is 35.5. The molecule has 0 saturated heterocycles. The van der Waals surface area contributed by atoms with Gasteiger partial charge in [0, 0.05) is 12.2 Å². The second-order valence-corrected chi connectivity index (χ2v) is 5.19. The molecule has 1 rings (SSSR count). The second-order valence-electron chi connectivity index (χ2n) is 3.64. The lowest BCUT2D eigenvalue weighted by atomic mass is 10.2. The highest BCUT2D eigenvalue weighted by molar-refractivity contribution is 7.99. The van der Waals surface area contributed by atoms with E-state index in [-0.39, 0.29) is 0 Å². The van der Waals surface area contributed by atoms with Crippen LogP contribution in [0, 0.1) is 0 Å². The van der Waals surface area contributed by atoms with Crippen LogP contribution in [0.3, 0.4) is 0 Å². The van der Waals surface area contributed by atoms with E-state index in [4.69, 9.17) is 17.3 Å². The van der Waals surface area contributed by atoms with E-state index >= 15 is 0 Å². The number of pyridine rings is 1. The van der Waals surface area contributed by atoms with Gasteiger partial charge in [0.15, 0.2) is 0 Å². The Kier molecular flexibility index (Phi) is 6.06. The van der Waals surface area contributed by atoms with Crippen molar-refractivity contribution in [1.82, 2.24) is 4.98 Å². The van der Waals surface area contributed by atoms with Gasteiger partial charge >= 0.3 is 0 Å². The fourth-order valence-electron chi connectivity index (χ4n) is 1.19. The van der Waals surface area contributed by atoms with Crippen LogP contribution in [0.2, 0.25) is 5.02 Å². The number of aromatic nitrogens is 1. The van der Waals surface area contributed by atoms with Gasteiger partial charge in [0.2, 0.25) is 0 Å². The molecular weight excluding hydrogens is 228 g/mol. The summed E-state index contributed by atoms with van der Waals surface area (Å²) in [7, 11) is 0. The molecule has 0 aromatic carbocycles. The van der Waals surface area contributed by atoms with Crippen molar-refractivity contribution in [1.29, 1.82) is 0 Å². The lowest BCUT2D eigenvalue weighted by molar-refractivity contribution is 0.618. The molecule has 0 aliphatic heterocycles. The number of hydrogen-bond acceptors (Lipinski definition) is 3. The zero-order valence-corrected chi connectivity index (χ0v) is 10.5. The molecule has 0 radical (unpaired) electrons. The van der Waals surface area contributed by atoms with Crippen LogP contribution in [0.4, 0.5) is 0 Å². The van der Waals surface area contributed by atoms with Gasteiger partial charge in [0.05, 0.1) is 10.0 Å². The van der Waals surface area contributed by atoms with Gasteiger partial charge in [-0.25, -0.2) is 4.98 Å². The zero-order valence-electron chi connectivity index (χ0n) is 8.95. The molecule has 1 atom stereocenters. The Morgan fingerprint density at radius 2 is 2.27 bits per heavy atom. The first-order chi connectivity index (χ1) is 7.18. The third-order valence-corrected chi connectivity index (χ3v) is 3.26. The van der Waals surface area contributed by atoms with Gasteiger partial charge in [-0.3, -0.25) is 0 Å². The van der Waals surface area contributed by atoms with Gasteiger partial charge in [0.25, 0.3) is 0 Å². The average molecular weight is 245 g/mol. The van der Waals surface area contributed by atoms with Crippen LogP contribution >= 0.6 is 23.4 Å². The van der Waals surface area contributed by atoms with Crippen molar-refractivity contribution in [2.45, 2.75) is 37.3 Å². The van der Waals surface area contributed by atoms with Crippen molar-refractivity contribution in [3.63, 3.8) is 0 Å². The number of nitrogens with zero attached hydrogens (tertiary/aromatic N) is 1. The van der Waals surface area contributed by atoms with E-state index in [9.17, 15) is 0 Å². The molecule has 84 valence electrons. The molecule has 1 unspecified atom stereocenters. The first kappa shape index (κ1) is 12.8. The van der Waals surface area contributed by atoms with Crippen LogP contribution < -0.4 is 5.73 Å². The predicted molar refractivity (Wildman–Crippen MR) is 67.5 cm³/mol. The molecule has 1 heterocycles. The maximum atomic E-state index is 5.74. The van der Waals surface area contributed by atoms with Crippen molar-refractivity contribution in [3.8, 4) is 0 Å². The number of thioether (sulfide) groups is 1. The van der Waals surface area contributed by atoms with Gasteiger partial charge in [-0.15, -0.1) is 11.8 Å². The Morgan fingerprint density at radius 3 is 2.87 bits per heavy atom. The molecule has 0 amide bonds. The number of hydrogen-bond donors (Lipinski definition) is 1. The maximum Gasteiger partial charge on any atom is 0.0960 e. The molecule has 0 fully saturated rings. The molecule has 0 saturated carbocycles. The summed E-state index contributed by atoms with van der Waals surface area (Å²) in [5.41, 5.74) is 5.67. The Hall–Kier alpha value is -0.250. The van der Waals surface area contributed by atoms with Crippen LogP contribution in [-0.4, -0.2) is 16.8 Å². The van der Waals surface area contributed by atoms with Crippen LogP contribution in [0.5, 0.6) is 0 Å². The lowest BCUT2D eigenvalue weighted by Gasteiger charge is -2.04. The molecule has 0 spiro atoms. The summed E-state index contributed by atoms with van der Waals surface area (Å²) in [6, 6.07) is 4.15. The van der Waals surface area contributed by atoms with Crippen LogP contribution in [-0.2, 0) is 0 Å². The van der Waals surface area contributed by atoms with Gasteiger partial charge < -0.3 is 5.73 Å². The van der Waals surface area contributed by atoms with E-state index in [0.29, 0.717) is 11.1 Å². The fourth-order valence-corrected chi connectivity index (χ4v) is 2.15. The average Bonchev–Trinajstić information content (AvgIpc) is 2.20. The van der Waals surface area contributed by atoms with Crippen LogP contribution in [0.15, 0.2) is 23.4 Å². The minimum Gasteiger partial charge on any atom is -0.328 e. The Morgan fingerprint density at radius 1 is 1.47 bits per heavy atom. The molecule has 2 N–H and O–H groups in total. The fraction of sp³-hybridized carbons (Fsp3) is 0.545. The van der Waals surface area contributed by atoms with Crippen molar-refractivity contribution in [3.05, 3.63) is 23.4 Å². The van der Waals surface area contributed by atoms with E-state index in [0.717, 1.165) is 17.2 Å². The molecule has 0 bridgehead atoms. The minimum absolute atomic E-state index is 0.323. The van der Waals surface area contributed by atoms with Gasteiger partial charge in [0.1, 0.15) is 0 Å². The van der Waals surface area contributed by atoms with Crippen LogP contribution in [0.1, 0.15) is 26.2 Å². The highest BCUT2D eigenvalue weighted by Gasteiger charge is 1.97. The van der Waals surface area contributed by atoms with Crippen molar-refractivity contribution in [2.24, 2.45) is 5.73 Å². The number of rotatable bonds is 6. The second kappa shape index (κ2) is 7.09. The first-order valence-corrected chi connectivity index (χ1v) is 6.55. The normalized spacial score (nSPS) is 12.7. The molecule has 15 heavy (non-hydrogen) atoms. The molecule has 1 aromatic heterocycles. The molecule has 4 heteroatoms. The Balaban J connectivity index is 2.12. The lowest BCUT2D eigenvalue weighted by Crippen LogP contribution is -2.13. The largest absolute Gasteiger partial charge is 0.328 e. The summed E-state index contributed by atoms with van der Waals surface area (Å²) in [6.45, 7) is 2.05. The van der Waals surface area contributed by atoms with Crippen molar-refractivity contribution in [2.75, 3.05) is 5.75 Å². The molecule has 2 nitrogen and oxygen atoms in total. The zero-order chi connectivity index (χ0) is 11.1. The smallest absolute Gasteiger partial charge is 0.0960 e. The molecule has 0 aliphatic carbocycles. The molecule has 0 aliphatic rings. The molecule has 1 aromatic rings. The van der Waals surface area contributed by atoms with E-state index < -0.39 is 0 Å². The SMILES string of the molecule is CC(N)CCCCSc1ccc(Cl)cn1. The number of nitrogens with two attached hydrogens (primary N) is 1. The molecular formula is C11H17ClN2S. The summed E-state index contributed by atoms with van der Waals surface area (Å²) in [5.74, 6) is 1.10. The Bertz CT molecular complexity index is 274. The first-order valence-electron chi connectivity index (χ1n) is 5.18. The van der Waals surface area contributed by atoms with Crippen LogP contribution in [0.25, 0.3) is 0 Å². The van der Waals surface area contributed by atoms with Crippen molar-refractivity contribution >= 4 is 23.4 Å². The topological polar surface area (TPSA) is 38.9 Å². The minimum atomic E-state index is 0.323. The number of halogens is 1. The maximum absolute atomic E-state index is 5.74. The third-order valence-electron chi connectivity index (χ3n) is 2.00. The van der Waals surface area contributed by atoms with E-state index in [2.05, 4.69) is 4.98 Å². The quantitative estimate of drug-likeness (QED) is 0.616. The summed E-state index contributed by atoms with van der Waals surface area (Å²) < 4.78 is 0. The predicted octanol–water partition coefficient (Wildman–Crippen LogP) is 3.34. The van der Waals surface area contributed by atoms with E-state index in [1.54, 1.807) is 18.0 Å². The van der Waals surface area contributed by atoms with Gasteiger partial charge in [-0.1, -0.05) is 18.0 Å². The van der Waals surface area contributed by atoms with Gasteiger partial charge in [-0.05, 0) is 37.7 Å². The van der Waals surface area contributed by atoms with E-state index in [1.165, 1.54) is 12.8 Å². The van der Waals surface area contributed by atoms with Gasteiger partial charge in [-0.2, -0.15) is 0 Å². The summed E-state index contributed by atoms with van der Waals surface area (Å²) in [6.07, 6.45) is 5.18. The van der Waals surface area contributed by atoms with Crippen molar-refractivity contribution < 1.29 is 0 Å². The summed E-state index contributed by atoms with van der Waals surface area (Å²) >= 11 is 7.51. The van der Waals surface area contributed by atoms with E-state index in [1.807, 2.05) is 19.1 Å². The summed E-state index contributed by atoms with van der Waals surface area (Å²) in [4.78, 5) is 4.22. The Labute approximate surface area is 101 Å². The monoisotopic (exact) mass is 244 g/mol. The highest BCUT2D eigenvalue weighted by Crippen LogP contribution is 2.18. The number of unbranched alkanes of at least 4 members (excludes halogenated alkanes) is 1. The summed E-state index contributed by atoms with van der Waals surface area (Å²) in [5, 5.41) is 1.73. The standard InChI is InChI=1S/C11H17ClN2S/c1-9(13)4-2-3-7-15-11-6-5-10(12)8-14-11/h5-6,8-9H,2-4,7,13H2,1H3.